The van der Waals surface area contributed by atoms with Crippen molar-refractivity contribution in [2.45, 2.75) is 18.9 Å². The molecule has 1 spiro atoms. The van der Waals surface area contributed by atoms with Crippen molar-refractivity contribution in [1.29, 1.82) is 0 Å². The molecule has 2 atom stereocenters. The van der Waals surface area contributed by atoms with Gasteiger partial charge in [-0.1, -0.05) is 0 Å². The lowest BCUT2D eigenvalue weighted by molar-refractivity contribution is 0.0292. The first kappa shape index (κ1) is 8.48. The van der Waals surface area contributed by atoms with Crippen molar-refractivity contribution >= 4 is 0 Å². The number of hydrogen-bond acceptors (Lipinski definition) is 3. The highest BCUT2D eigenvalue weighted by Gasteiger charge is 2.64. The fourth-order valence-corrected chi connectivity index (χ4v) is 2.70. The average molecular weight is 171 g/mol. The molecular weight excluding hydrogens is 154 g/mol. The SMILES string of the molecule is CO[C@H]1[C@H](CN)C12CCOCC2. The molecule has 2 aliphatic rings. The molecular formula is C9H17NO2. The fraction of sp³-hybridized carbons (Fsp3) is 1.00. The van der Waals surface area contributed by atoms with E-state index in [-0.39, 0.29) is 0 Å². The van der Waals surface area contributed by atoms with E-state index < -0.39 is 0 Å². The summed E-state index contributed by atoms with van der Waals surface area (Å²) in [6, 6.07) is 0. The Labute approximate surface area is 73.2 Å². The van der Waals surface area contributed by atoms with Crippen LogP contribution >= 0.6 is 0 Å². The van der Waals surface area contributed by atoms with Crippen LogP contribution in [-0.2, 0) is 9.47 Å². The Bertz CT molecular complexity index is 154. The van der Waals surface area contributed by atoms with E-state index in [1.165, 1.54) is 0 Å². The Morgan fingerprint density at radius 2 is 2.17 bits per heavy atom. The van der Waals surface area contributed by atoms with Crippen LogP contribution in [0.4, 0.5) is 0 Å². The minimum atomic E-state index is 0.391. The molecule has 1 saturated carbocycles. The van der Waals surface area contributed by atoms with Gasteiger partial charge in [0.2, 0.25) is 0 Å². The van der Waals surface area contributed by atoms with Gasteiger partial charge in [0.15, 0.2) is 0 Å². The Balaban J connectivity index is 2.01. The van der Waals surface area contributed by atoms with Crippen LogP contribution in [0.5, 0.6) is 0 Å². The number of nitrogens with two attached hydrogens (primary N) is 1. The summed E-state index contributed by atoms with van der Waals surface area (Å²) >= 11 is 0. The second-order valence-electron chi connectivity index (χ2n) is 3.84. The zero-order valence-corrected chi connectivity index (χ0v) is 7.58. The normalized spacial score (nSPS) is 38.5. The summed E-state index contributed by atoms with van der Waals surface area (Å²) in [5, 5.41) is 0. The van der Waals surface area contributed by atoms with Gasteiger partial charge in [0, 0.05) is 31.7 Å². The molecule has 0 aromatic rings. The molecule has 2 rings (SSSR count). The molecule has 0 unspecified atom stereocenters. The van der Waals surface area contributed by atoms with Gasteiger partial charge in [-0.2, -0.15) is 0 Å². The molecule has 1 aliphatic carbocycles. The van der Waals surface area contributed by atoms with Gasteiger partial charge in [-0.15, -0.1) is 0 Å². The summed E-state index contributed by atoms with van der Waals surface area (Å²) in [7, 11) is 1.79. The van der Waals surface area contributed by atoms with E-state index in [1.54, 1.807) is 7.11 Å². The zero-order chi connectivity index (χ0) is 8.60. The summed E-state index contributed by atoms with van der Waals surface area (Å²) in [5.74, 6) is 0.589. The molecule has 1 aliphatic heterocycles. The second kappa shape index (κ2) is 2.98. The van der Waals surface area contributed by atoms with Crippen LogP contribution in [0, 0.1) is 11.3 Å². The van der Waals surface area contributed by atoms with Gasteiger partial charge in [0.05, 0.1) is 6.10 Å². The van der Waals surface area contributed by atoms with Gasteiger partial charge in [-0.25, -0.2) is 0 Å². The monoisotopic (exact) mass is 171 g/mol. The van der Waals surface area contributed by atoms with Gasteiger partial charge in [0.25, 0.3) is 0 Å². The highest BCUT2D eigenvalue weighted by atomic mass is 16.5. The van der Waals surface area contributed by atoms with E-state index >= 15 is 0 Å². The van der Waals surface area contributed by atoms with Crippen LogP contribution in [0.15, 0.2) is 0 Å². The molecule has 2 N–H and O–H groups in total. The quantitative estimate of drug-likeness (QED) is 0.653. The Kier molecular flexibility index (Phi) is 2.10. The van der Waals surface area contributed by atoms with Crippen molar-refractivity contribution in [3.63, 3.8) is 0 Å². The van der Waals surface area contributed by atoms with Gasteiger partial charge in [0.1, 0.15) is 0 Å². The van der Waals surface area contributed by atoms with Crippen molar-refractivity contribution < 1.29 is 9.47 Å². The first-order chi connectivity index (χ1) is 5.85. The van der Waals surface area contributed by atoms with Crippen LogP contribution in [0.3, 0.4) is 0 Å². The Morgan fingerprint density at radius 3 is 2.58 bits per heavy atom. The van der Waals surface area contributed by atoms with Crippen molar-refractivity contribution in [1.82, 2.24) is 0 Å². The van der Waals surface area contributed by atoms with Crippen LogP contribution in [0.25, 0.3) is 0 Å². The third-order valence-corrected chi connectivity index (χ3v) is 3.49. The summed E-state index contributed by atoms with van der Waals surface area (Å²) in [5.41, 5.74) is 6.08. The third-order valence-electron chi connectivity index (χ3n) is 3.49. The third kappa shape index (κ3) is 1.00. The first-order valence-electron chi connectivity index (χ1n) is 4.66. The topological polar surface area (TPSA) is 44.5 Å². The number of rotatable bonds is 2. The van der Waals surface area contributed by atoms with Crippen LogP contribution in [0.1, 0.15) is 12.8 Å². The first-order valence-corrected chi connectivity index (χ1v) is 4.66. The second-order valence-corrected chi connectivity index (χ2v) is 3.84. The maximum atomic E-state index is 5.68. The largest absolute Gasteiger partial charge is 0.381 e. The highest BCUT2D eigenvalue weighted by molar-refractivity contribution is 5.13. The minimum Gasteiger partial charge on any atom is -0.381 e. The van der Waals surface area contributed by atoms with Gasteiger partial charge < -0.3 is 15.2 Å². The van der Waals surface area contributed by atoms with Crippen LogP contribution in [0.2, 0.25) is 0 Å². The van der Waals surface area contributed by atoms with Crippen LogP contribution in [-0.4, -0.2) is 33.0 Å². The Hall–Kier alpha value is -0.120. The molecule has 2 fully saturated rings. The Morgan fingerprint density at radius 1 is 1.50 bits per heavy atom. The summed E-state index contributed by atoms with van der Waals surface area (Å²) < 4.78 is 10.8. The van der Waals surface area contributed by atoms with E-state index in [1.807, 2.05) is 0 Å². The maximum Gasteiger partial charge on any atom is 0.0679 e. The minimum absolute atomic E-state index is 0.391. The van der Waals surface area contributed by atoms with Gasteiger partial charge >= 0.3 is 0 Å². The van der Waals surface area contributed by atoms with Gasteiger partial charge in [-0.05, 0) is 19.4 Å². The number of hydrogen-bond donors (Lipinski definition) is 1. The number of methoxy groups -OCH3 is 1. The predicted molar refractivity (Wildman–Crippen MR) is 45.8 cm³/mol. The molecule has 1 saturated heterocycles. The molecule has 70 valence electrons. The maximum absolute atomic E-state index is 5.68. The highest BCUT2D eigenvalue weighted by Crippen LogP contribution is 2.60. The summed E-state index contributed by atoms with van der Waals surface area (Å²) in [6.07, 6.45) is 2.67. The van der Waals surface area contributed by atoms with E-state index in [4.69, 9.17) is 15.2 Å². The van der Waals surface area contributed by atoms with Gasteiger partial charge in [-0.3, -0.25) is 0 Å². The summed E-state index contributed by atoms with van der Waals surface area (Å²) in [6.45, 7) is 2.53. The van der Waals surface area contributed by atoms with E-state index in [0.29, 0.717) is 17.4 Å². The van der Waals surface area contributed by atoms with Crippen molar-refractivity contribution in [2.24, 2.45) is 17.1 Å². The molecule has 0 aromatic carbocycles. The zero-order valence-electron chi connectivity index (χ0n) is 7.58. The van der Waals surface area contributed by atoms with E-state index in [2.05, 4.69) is 0 Å². The molecule has 0 aromatic heterocycles. The smallest absolute Gasteiger partial charge is 0.0679 e. The molecule has 1 heterocycles. The number of ether oxygens (including phenoxy) is 2. The van der Waals surface area contributed by atoms with Crippen molar-refractivity contribution in [3.05, 3.63) is 0 Å². The fourth-order valence-electron chi connectivity index (χ4n) is 2.70. The lowest BCUT2D eigenvalue weighted by Crippen LogP contribution is -2.22. The van der Waals surface area contributed by atoms with E-state index in [0.717, 1.165) is 32.6 Å². The standard InChI is InChI=1S/C9H17NO2/c1-11-8-7(6-10)9(8)2-4-12-5-3-9/h7-8H,2-6,10H2,1H3/t7-,8-/m0/s1. The molecule has 0 radical (unpaired) electrons. The van der Waals surface area contributed by atoms with Crippen LogP contribution < -0.4 is 5.73 Å². The summed E-state index contributed by atoms with van der Waals surface area (Å²) in [4.78, 5) is 0. The lowest BCUT2D eigenvalue weighted by Gasteiger charge is -2.22. The molecule has 12 heavy (non-hydrogen) atoms. The molecule has 0 amide bonds. The van der Waals surface area contributed by atoms with Crippen molar-refractivity contribution in [3.8, 4) is 0 Å². The lowest BCUT2D eigenvalue weighted by atomic mass is 9.93. The van der Waals surface area contributed by atoms with Crippen molar-refractivity contribution in [2.75, 3.05) is 26.9 Å². The average Bonchev–Trinajstić information content (AvgIpc) is 2.73. The van der Waals surface area contributed by atoms with E-state index in [9.17, 15) is 0 Å². The molecule has 0 bridgehead atoms. The predicted octanol–water partition coefficient (Wildman–Crippen LogP) is 0.387. The molecule has 3 nitrogen and oxygen atoms in total. The molecule has 3 heteroatoms.